The molecule has 1 aromatic carbocycles. The van der Waals surface area contributed by atoms with Crippen molar-refractivity contribution in [2.24, 2.45) is 0 Å². The van der Waals surface area contributed by atoms with Crippen LogP contribution in [-0.2, 0) is 4.79 Å². The summed E-state index contributed by atoms with van der Waals surface area (Å²) in [4.78, 5) is 10.9. The van der Waals surface area contributed by atoms with Crippen molar-refractivity contribution in [3.05, 3.63) is 30.2 Å². The molecule has 3 rings (SSSR count). The Balaban J connectivity index is 2.51. The molecular weight excluding hydrogens is 240 g/mol. The number of phenols is 1. The summed E-state index contributed by atoms with van der Waals surface area (Å²) >= 11 is 0. The molecule has 0 amide bonds. The van der Waals surface area contributed by atoms with E-state index in [0.717, 1.165) is 0 Å². The van der Waals surface area contributed by atoms with E-state index in [4.69, 9.17) is 13.9 Å². The van der Waals surface area contributed by atoms with Gasteiger partial charge in [0.05, 0.1) is 17.9 Å². The molecule has 0 spiro atoms. The van der Waals surface area contributed by atoms with Gasteiger partial charge in [-0.2, -0.15) is 0 Å². The van der Waals surface area contributed by atoms with Crippen molar-refractivity contribution in [1.29, 1.82) is 0 Å². The maximum absolute atomic E-state index is 10.9. The van der Waals surface area contributed by atoms with Crippen LogP contribution in [0.1, 0.15) is 11.7 Å². The SMILES string of the molecule is O=C(O)C(O)c1c2ccoc2c(O)c2ccoc12. The van der Waals surface area contributed by atoms with Gasteiger partial charge in [-0.3, -0.25) is 0 Å². The van der Waals surface area contributed by atoms with Crippen LogP contribution in [0.3, 0.4) is 0 Å². The van der Waals surface area contributed by atoms with Crippen LogP contribution in [0, 0.1) is 0 Å². The average Bonchev–Trinajstić information content (AvgIpc) is 2.96. The first-order valence-electron chi connectivity index (χ1n) is 5.11. The van der Waals surface area contributed by atoms with Gasteiger partial charge in [0.1, 0.15) is 5.58 Å². The highest BCUT2D eigenvalue weighted by molar-refractivity contribution is 6.06. The Kier molecular flexibility index (Phi) is 2.08. The number of carbonyl (C=O) groups is 1. The van der Waals surface area contributed by atoms with E-state index in [1.54, 1.807) is 0 Å². The van der Waals surface area contributed by atoms with Gasteiger partial charge in [0, 0.05) is 10.9 Å². The molecule has 1 unspecified atom stereocenters. The Bertz CT molecular complexity index is 699. The minimum absolute atomic E-state index is 0.0732. The van der Waals surface area contributed by atoms with E-state index in [0.29, 0.717) is 10.8 Å². The molecule has 0 aliphatic carbocycles. The maximum Gasteiger partial charge on any atom is 0.337 e. The zero-order chi connectivity index (χ0) is 12.9. The molecule has 2 aromatic heterocycles. The standard InChI is InChI=1S/C12H8O6/c13-8-6-2-4-17-10(6)7(9(14)12(15)16)5-1-3-18-11(5)8/h1-4,9,13-14H,(H,15,16). The molecule has 3 aromatic rings. The zero-order valence-electron chi connectivity index (χ0n) is 8.95. The summed E-state index contributed by atoms with van der Waals surface area (Å²) in [7, 11) is 0. The van der Waals surface area contributed by atoms with Gasteiger partial charge in [-0.15, -0.1) is 0 Å². The Labute approximate surface area is 99.7 Å². The number of hydrogen-bond acceptors (Lipinski definition) is 5. The van der Waals surface area contributed by atoms with E-state index < -0.39 is 12.1 Å². The molecule has 92 valence electrons. The number of furan rings is 2. The van der Waals surface area contributed by atoms with E-state index in [-0.39, 0.29) is 22.5 Å². The second kappa shape index (κ2) is 3.51. The molecule has 0 fully saturated rings. The number of aromatic hydroxyl groups is 1. The van der Waals surface area contributed by atoms with Crippen molar-refractivity contribution < 1.29 is 28.9 Å². The first-order chi connectivity index (χ1) is 8.61. The molecule has 1 atom stereocenters. The molecule has 6 nitrogen and oxygen atoms in total. The summed E-state index contributed by atoms with van der Waals surface area (Å²) in [5, 5.41) is 29.2. The molecule has 0 aliphatic heterocycles. The van der Waals surface area contributed by atoms with Crippen LogP contribution in [0.15, 0.2) is 33.5 Å². The normalized spacial score (nSPS) is 13.2. The van der Waals surface area contributed by atoms with E-state index >= 15 is 0 Å². The molecule has 18 heavy (non-hydrogen) atoms. The van der Waals surface area contributed by atoms with Crippen molar-refractivity contribution in [2.75, 3.05) is 0 Å². The molecule has 0 saturated heterocycles. The minimum Gasteiger partial charge on any atom is -0.504 e. The minimum atomic E-state index is -1.75. The molecule has 0 radical (unpaired) electrons. The molecule has 0 bridgehead atoms. The summed E-state index contributed by atoms with van der Waals surface area (Å²) in [6, 6.07) is 2.95. The second-order valence-corrected chi connectivity index (χ2v) is 3.83. The van der Waals surface area contributed by atoms with Crippen molar-refractivity contribution in [2.45, 2.75) is 6.10 Å². The third kappa shape index (κ3) is 1.23. The summed E-state index contributed by atoms with van der Waals surface area (Å²) < 4.78 is 10.3. The van der Waals surface area contributed by atoms with Crippen LogP contribution in [-0.4, -0.2) is 21.3 Å². The van der Waals surface area contributed by atoms with Crippen LogP contribution >= 0.6 is 0 Å². The topological polar surface area (TPSA) is 104 Å². The number of fused-ring (bicyclic) bond motifs is 2. The number of hydrogen-bond donors (Lipinski definition) is 3. The van der Waals surface area contributed by atoms with Crippen molar-refractivity contribution in [3.8, 4) is 5.75 Å². The van der Waals surface area contributed by atoms with Gasteiger partial charge in [-0.25, -0.2) is 4.79 Å². The lowest BCUT2D eigenvalue weighted by Crippen LogP contribution is -2.11. The highest BCUT2D eigenvalue weighted by Crippen LogP contribution is 2.41. The van der Waals surface area contributed by atoms with E-state index in [1.807, 2.05) is 0 Å². The van der Waals surface area contributed by atoms with Crippen molar-refractivity contribution >= 4 is 27.9 Å². The summed E-state index contributed by atoms with van der Waals surface area (Å²) in [5.41, 5.74) is 0.333. The molecule has 2 heterocycles. The lowest BCUT2D eigenvalue weighted by Gasteiger charge is -2.09. The molecular formula is C12H8O6. The van der Waals surface area contributed by atoms with Crippen LogP contribution < -0.4 is 0 Å². The lowest BCUT2D eigenvalue weighted by atomic mass is 10.0. The number of aliphatic hydroxyl groups is 1. The molecule has 0 aliphatic rings. The number of rotatable bonds is 2. The third-order valence-electron chi connectivity index (χ3n) is 2.84. The van der Waals surface area contributed by atoms with Crippen LogP contribution in [0.2, 0.25) is 0 Å². The van der Waals surface area contributed by atoms with Crippen LogP contribution in [0.5, 0.6) is 5.75 Å². The Hall–Kier alpha value is -2.47. The lowest BCUT2D eigenvalue weighted by molar-refractivity contribution is -0.146. The maximum atomic E-state index is 10.9. The van der Waals surface area contributed by atoms with Crippen LogP contribution in [0.4, 0.5) is 0 Å². The summed E-state index contributed by atoms with van der Waals surface area (Å²) in [5.74, 6) is -1.54. The summed E-state index contributed by atoms with van der Waals surface area (Å²) in [6.07, 6.45) is 0.863. The van der Waals surface area contributed by atoms with Crippen molar-refractivity contribution in [3.63, 3.8) is 0 Å². The zero-order valence-corrected chi connectivity index (χ0v) is 8.95. The molecule has 6 heteroatoms. The Morgan fingerprint density at radius 1 is 1.11 bits per heavy atom. The van der Waals surface area contributed by atoms with Crippen molar-refractivity contribution in [1.82, 2.24) is 0 Å². The highest BCUT2D eigenvalue weighted by atomic mass is 16.4. The van der Waals surface area contributed by atoms with E-state index in [9.17, 15) is 15.0 Å². The number of aliphatic hydroxyl groups excluding tert-OH is 1. The predicted molar refractivity (Wildman–Crippen MR) is 60.2 cm³/mol. The quantitative estimate of drug-likeness (QED) is 0.640. The fraction of sp³-hybridized carbons (Fsp3) is 0.0833. The number of carboxylic acid groups (broad SMARTS) is 1. The third-order valence-corrected chi connectivity index (χ3v) is 2.84. The highest BCUT2D eigenvalue weighted by Gasteiger charge is 2.27. The largest absolute Gasteiger partial charge is 0.504 e. The average molecular weight is 248 g/mol. The van der Waals surface area contributed by atoms with Gasteiger partial charge in [0.25, 0.3) is 0 Å². The van der Waals surface area contributed by atoms with Gasteiger partial charge in [-0.05, 0) is 12.1 Å². The monoisotopic (exact) mass is 248 g/mol. The Morgan fingerprint density at radius 2 is 1.72 bits per heavy atom. The number of carboxylic acids is 1. The van der Waals surface area contributed by atoms with Gasteiger partial charge in [-0.1, -0.05) is 0 Å². The van der Waals surface area contributed by atoms with Crippen LogP contribution in [0.25, 0.3) is 21.9 Å². The number of benzene rings is 1. The molecule has 3 N–H and O–H groups in total. The number of phenolic OH excluding ortho intramolecular Hbond substituents is 1. The predicted octanol–water partition coefficient (Wildman–Crippen LogP) is 2.00. The smallest absolute Gasteiger partial charge is 0.337 e. The van der Waals surface area contributed by atoms with Gasteiger partial charge in [0.15, 0.2) is 17.4 Å². The first kappa shape index (κ1) is 10.7. The summed E-state index contributed by atoms with van der Waals surface area (Å²) in [6.45, 7) is 0. The fourth-order valence-corrected chi connectivity index (χ4v) is 2.05. The fourth-order valence-electron chi connectivity index (χ4n) is 2.05. The van der Waals surface area contributed by atoms with Gasteiger partial charge in [0.2, 0.25) is 0 Å². The van der Waals surface area contributed by atoms with Gasteiger partial charge < -0.3 is 24.2 Å². The van der Waals surface area contributed by atoms with Gasteiger partial charge >= 0.3 is 5.97 Å². The Morgan fingerprint density at radius 3 is 2.39 bits per heavy atom. The number of aliphatic carboxylic acids is 1. The van der Waals surface area contributed by atoms with E-state index in [1.165, 1.54) is 24.7 Å². The first-order valence-corrected chi connectivity index (χ1v) is 5.11. The van der Waals surface area contributed by atoms with E-state index in [2.05, 4.69) is 0 Å². The second-order valence-electron chi connectivity index (χ2n) is 3.83. The molecule has 0 saturated carbocycles.